The van der Waals surface area contributed by atoms with Crippen LogP contribution in [0.5, 0.6) is 0 Å². The van der Waals surface area contributed by atoms with Crippen LogP contribution >= 0.6 is 11.3 Å². The SMILES string of the molecule is Cc1nc(C)c(N(C)C2CCNCC2)s1. The largest absolute Gasteiger partial charge is 0.362 e. The molecule has 1 aliphatic rings. The van der Waals surface area contributed by atoms with Crippen LogP contribution in [0, 0.1) is 13.8 Å². The Labute approximate surface area is 95.5 Å². The summed E-state index contributed by atoms with van der Waals surface area (Å²) in [4.78, 5) is 6.91. The Morgan fingerprint density at radius 1 is 1.33 bits per heavy atom. The van der Waals surface area contributed by atoms with Gasteiger partial charge in [-0.15, -0.1) is 11.3 Å². The molecule has 2 heterocycles. The van der Waals surface area contributed by atoms with Gasteiger partial charge in [0.05, 0.1) is 10.7 Å². The van der Waals surface area contributed by atoms with Crippen LogP contribution in [0.4, 0.5) is 5.00 Å². The van der Waals surface area contributed by atoms with Crippen molar-refractivity contribution in [1.29, 1.82) is 0 Å². The van der Waals surface area contributed by atoms with Gasteiger partial charge in [0, 0.05) is 13.1 Å². The molecule has 1 saturated heterocycles. The Morgan fingerprint density at radius 3 is 2.53 bits per heavy atom. The van der Waals surface area contributed by atoms with E-state index < -0.39 is 0 Å². The minimum atomic E-state index is 0.685. The topological polar surface area (TPSA) is 28.2 Å². The van der Waals surface area contributed by atoms with Crippen LogP contribution in [-0.4, -0.2) is 31.2 Å². The van der Waals surface area contributed by atoms with Gasteiger partial charge in [-0.25, -0.2) is 4.98 Å². The summed E-state index contributed by atoms with van der Waals surface area (Å²) in [5.41, 5.74) is 1.18. The molecular formula is C11H19N3S. The average molecular weight is 225 g/mol. The Balaban J connectivity index is 2.12. The molecule has 1 fully saturated rings. The van der Waals surface area contributed by atoms with Gasteiger partial charge in [-0.3, -0.25) is 0 Å². The summed E-state index contributed by atoms with van der Waals surface area (Å²) >= 11 is 1.81. The molecule has 1 aliphatic heterocycles. The molecule has 0 saturated carbocycles. The molecular weight excluding hydrogens is 206 g/mol. The van der Waals surface area contributed by atoms with Crippen LogP contribution in [0.25, 0.3) is 0 Å². The van der Waals surface area contributed by atoms with Crippen LogP contribution in [0.15, 0.2) is 0 Å². The first-order valence-electron chi connectivity index (χ1n) is 5.56. The maximum absolute atomic E-state index is 4.49. The number of aromatic nitrogens is 1. The van der Waals surface area contributed by atoms with Gasteiger partial charge in [-0.2, -0.15) is 0 Å². The summed E-state index contributed by atoms with van der Waals surface area (Å²) in [6.45, 7) is 6.48. The van der Waals surface area contributed by atoms with Gasteiger partial charge >= 0.3 is 0 Å². The van der Waals surface area contributed by atoms with E-state index in [1.165, 1.54) is 28.5 Å². The molecule has 0 unspecified atom stereocenters. The second-order valence-corrected chi connectivity index (χ2v) is 5.40. The minimum Gasteiger partial charge on any atom is -0.362 e. The van der Waals surface area contributed by atoms with Crippen molar-refractivity contribution in [2.45, 2.75) is 32.7 Å². The van der Waals surface area contributed by atoms with Crippen molar-refractivity contribution in [3.63, 3.8) is 0 Å². The molecule has 15 heavy (non-hydrogen) atoms. The predicted octanol–water partition coefficient (Wildman–Crippen LogP) is 1.95. The quantitative estimate of drug-likeness (QED) is 0.834. The van der Waals surface area contributed by atoms with Gasteiger partial charge in [0.15, 0.2) is 0 Å². The van der Waals surface area contributed by atoms with Gasteiger partial charge in [0.25, 0.3) is 0 Å². The Morgan fingerprint density at radius 2 is 2.00 bits per heavy atom. The molecule has 84 valence electrons. The van der Waals surface area contributed by atoms with E-state index in [2.05, 4.69) is 36.1 Å². The maximum atomic E-state index is 4.49. The Hall–Kier alpha value is -0.610. The second kappa shape index (κ2) is 4.49. The summed E-state index contributed by atoms with van der Waals surface area (Å²) in [7, 11) is 2.20. The number of thiazole rings is 1. The zero-order valence-electron chi connectivity index (χ0n) is 9.71. The van der Waals surface area contributed by atoms with Crippen LogP contribution in [-0.2, 0) is 0 Å². The highest BCUT2D eigenvalue weighted by Gasteiger charge is 2.20. The molecule has 0 atom stereocenters. The van der Waals surface area contributed by atoms with Crippen molar-refractivity contribution in [2.75, 3.05) is 25.0 Å². The second-order valence-electron chi connectivity index (χ2n) is 4.22. The van der Waals surface area contributed by atoms with E-state index in [0.29, 0.717) is 6.04 Å². The summed E-state index contributed by atoms with van der Waals surface area (Å²) in [6, 6.07) is 0.685. The summed E-state index contributed by atoms with van der Waals surface area (Å²) in [5.74, 6) is 0. The molecule has 1 N–H and O–H groups in total. The predicted molar refractivity (Wildman–Crippen MR) is 65.9 cm³/mol. The fraction of sp³-hybridized carbons (Fsp3) is 0.727. The molecule has 0 aromatic carbocycles. The lowest BCUT2D eigenvalue weighted by Gasteiger charge is -2.32. The van der Waals surface area contributed by atoms with E-state index in [0.717, 1.165) is 13.1 Å². The fourth-order valence-electron chi connectivity index (χ4n) is 2.21. The molecule has 0 spiro atoms. The molecule has 1 aromatic heterocycles. The number of nitrogens with zero attached hydrogens (tertiary/aromatic N) is 2. The minimum absolute atomic E-state index is 0.685. The number of aryl methyl sites for hydroxylation is 2. The first-order chi connectivity index (χ1) is 7.18. The number of piperidine rings is 1. The van der Waals surface area contributed by atoms with Crippen molar-refractivity contribution in [3.8, 4) is 0 Å². The average Bonchev–Trinajstić information content (AvgIpc) is 2.58. The number of anilines is 1. The van der Waals surface area contributed by atoms with Crippen LogP contribution in [0.2, 0.25) is 0 Å². The molecule has 3 nitrogen and oxygen atoms in total. The number of hydrogen-bond acceptors (Lipinski definition) is 4. The molecule has 0 bridgehead atoms. The normalized spacial score (nSPS) is 18.1. The third-order valence-corrected chi connectivity index (χ3v) is 4.22. The monoisotopic (exact) mass is 225 g/mol. The van der Waals surface area contributed by atoms with E-state index in [9.17, 15) is 0 Å². The first-order valence-corrected chi connectivity index (χ1v) is 6.37. The van der Waals surface area contributed by atoms with Crippen molar-refractivity contribution >= 4 is 16.3 Å². The fourth-order valence-corrected chi connectivity index (χ4v) is 3.16. The highest BCUT2D eigenvalue weighted by molar-refractivity contribution is 7.15. The maximum Gasteiger partial charge on any atom is 0.114 e. The first kappa shape index (κ1) is 10.9. The highest BCUT2D eigenvalue weighted by atomic mass is 32.1. The van der Waals surface area contributed by atoms with Crippen LogP contribution < -0.4 is 10.2 Å². The zero-order chi connectivity index (χ0) is 10.8. The summed E-state index contributed by atoms with van der Waals surface area (Å²) < 4.78 is 0. The number of nitrogens with one attached hydrogen (secondary N) is 1. The summed E-state index contributed by atoms with van der Waals surface area (Å²) in [5, 5.41) is 5.92. The van der Waals surface area contributed by atoms with E-state index >= 15 is 0 Å². The van der Waals surface area contributed by atoms with Crippen LogP contribution in [0.3, 0.4) is 0 Å². The Kier molecular flexibility index (Phi) is 3.26. The van der Waals surface area contributed by atoms with E-state index in [1.54, 1.807) is 0 Å². The zero-order valence-corrected chi connectivity index (χ0v) is 10.5. The molecule has 0 radical (unpaired) electrons. The highest BCUT2D eigenvalue weighted by Crippen LogP contribution is 2.29. The number of rotatable bonds is 2. The number of hydrogen-bond donors (Lipinski definition) is 1. The van der Waals surface area contributed by atoms with Crippen molar-refractivity contribution in [3.05, 3.63) is 10.7 Å². The van der Waals surface area contributed by atoms with Gasteiger partial charge in [-0.05, 0) is 39.8 Å². The molecule has 4 heteroatoms. The van der Waals surface area contributed by atoms with E-state index in [4.69, 9.17) is 0 Å². The molecule has 0 amide bonds. The van der Waals surface area contributed by atoms with Gasteiger partial charge in [0.2, 0.25) is 0 Å². The lowest BCUT2D eigenvalue weighted by molar-refractivity contribution is 0.444. The van der Waals surface area contributed by atoms with Crippen molar-refractivity contribution < 1.29 is 0 Å². The molecule has 0 aliphatic carbocycles. The third kappa shape index (κ3) is 2.32. The lowest BCUT2D eigenvalue weighted by atomic mass is 10.1. The summed E-state index contributed by atoms with van der Waals surface area (Å²) in [6.07, 6.45) is 2.49. The van der Waals surface area contributed by atoms with E-state index in [1.807, 2.05) is 11.3 Å². The smallest absolute Gasteiger partial charge is 0.114 e. The third-order valence-electron chi connectivity index (χ3n) is 3.06. The van der Waals surface area contributed by atoms with Crippen molar-refractivity contribution in [1.82, 2.24) is 10.3 Å². The molecule has 2 rings (SSSR count). The lowest BCUT2D eigenvalue weighted by Crippen LogP contribution is -2.41. The van der Waals surface area contributed by atoms with Gasteiger partial charge in [0.1, 0.15) is 5.00 Å². The Bertz CT molecular complexity index is 329. The van der Waals surface area contributed by atoms with Crippen LogP contribution in [0.1, 0.15) is 23.5 Å². The van der Waals surface area contributed by atoms with E-state index in [-0.39, 0.29) is 0 Å². The van der Waals surface area contributed by atoms with Crippen molar-refractivity contribution in [2.24, 2.45) is 0 Å². The standard InChI is InChI=1S/C11H19N3S/c1-8-11(15-9(2)13-8)14(3)10-4-6-12-7-5-10/h10,12H,4-7H2,1-3H3. The van der Waals surface area contributed by atoms with Gasteiger partial charge in [-0.1, -0.05) is 0 Å². The molecule has 1 aromatic rings. The van der Waals surface area contributed by atoms with Gasteiger partial charge < -0.3 is 10.2 Å².